The molecule has 0 N–H and O–H groups in total. The molecule has 1 atom stereocenters. The molecule has 176 valence electrons. The number of ether oxygens (including phenoxy) is 3. The van der Waals surface area contributed by atoms with Crippen LogP contribution in [0, 0.1) is 12.8 Å². The van der Waals surface area contributed by atoms with Crippen molar-refractivity contribution < 1.29 is 19.0 Å². The van der Waals surface area contributed by atoms with Crippen molar-refractivity contribution >= 4 is 23.3 Å². The van der Waals surface area contributed by atoms with Crippen molar-refractivity contribution in [3.05, 3.63) is 70.3 Å². The van der Waals surface area contributed by atoms with Crippen molar-refractivity contribution in [3.63, 3.8) is 0 Å². The quantitative estimate of drug-likeness (QED) is 0.519. The van der Waals surface area contributed by atoms with Crippen molar-refractivity contribution in [1.29, 1.82) is 0 Å². The van der Waals surface area contributed by atoms with Gasteiger partial charge in [0, 0.05) is 42.2 Å². The molecule has 1 fully saturated rings. The van der Waals surface area contributed by atoms with Crippen LogP contribution in [-0.2, 0) is 20.0 Å². The number of rotatable bonds is 4. The van der Waals surface area contributed by atoms with Gasteiger partial charge >= 0.3 is 5.97 Å². The number of esters is 1. The number of aromatic nitrogens is 3. The van der Waals surface area contributed by atoms with E-state index in [-0.39, 0.29) is 5.92 Å². The zero-order chi connectivity index (χ0) is 23.9. The van der Waals surface area contributed by atoms with E-state index in [1.807, 2.05) is 54.0 Å². The van der Waals surface area contributed by atoms with E-state index in [1.165, 1.54) is 6.92 Å². The standard InChI is InChI=1S/C25H25ClN4O4/c1-15-28-29-24-25(34-16(2)31,18-10-12-33-13-11-18)27-23(17-4-6-19(26)7-5-17)21-14-20(32-3)8-9-22(21)30(15)24/h4-9,14,18H,10-13H2,1-3H3/t25-/m0/s1. The van der Waals surface area contributed by atoms with E-state index in [0.717, 1.165) is 16.8 Å². The van der Waals surface area contributed by atoms with E-state index in [9.17, 15) is 4.79 Å². The number of carbonyl (C=O) groups is 1. The van der Waals surface area contributed by atoms with Gasteiger partial charge in [-0.05, 0) is 50.1 Å². The minimum atomic E-state index is -1.38. The molecule has 0 aliphatic carbocycles. The van der Waals surface area contributed by atoms with E-state index in [4.69, 9.17) is 30.8 Å². The zero-order valence-electron chi connectivity index (χ0n) is 19.2. The van der Waals surface area contributed by atoms with Crippen LogP contribution in [0.25, 0.3) is 5.69 Å². The molecule has 34 heavy (non-hydrogen) atoms. The fourth-order valence-corrected chi connectivity index (χ4v) is 4.87. The number of methoxy groups -OCH3 is 1. The zero-order valence-corrected chi connectivity index (χ0v) is 20.0. The third-order valence-corrected chi connectivity index (χ3v) is 6.57. The third-order valence-electron chi connectivity index (χ3n) is 6.31. The molecule has 1 aromatic heterocycles. The highest BCUT2D eigenvalue weighted by Gasteiger charge is 2.51. The molecule has 3 heterocycles. The SMILES string of the molecule is COc1ccc2c(c1)C(c1ccc(Cl)cc1)=N[C@](OC(C)=O)(C1CCOCC1)c1nnc(C)n1-2. The van der Waals surface area contributed by atoms with Crippen molar-refractivity contribution in [3.8, 4) is 11.4 Å². The van der Waals surface area contributed by atoms with Gasteiger partial charge < -0.3 is 14.2 Å². The second-order valence-electron chi connectivity index (χ2n) is 8.43. The van der Waals surface area contributed by atoms with E-state index in [0.29, 0.717) is 54.2 Å². The van der Waals surface area contributed by atoms with E-state index < -0.39 is 11.7 Å². The van der Waals surface area contributed by atoms with Gasteiger partial charge in [-0.1, -0.05) is 23.7 Å². The highest BCUT2D eigenvalue weighted by atomic mass is 35.5. The van der Waals surface area contributed by atoms with Gasteiger partial charge in [-0.15, -0.1) is 10.2 Å². The summed E-state index contributed by atoms with van der Waals surface area (Å²) in [5, 5.41) is 9.50. The van der Waals surface area contributed by atoms with E-state index >= 15 is 0 Å². The predicted molar refractivity (Wildman–Crippen MR) is 127 cm³/mol. The molecule has 1 saturated heterocycles. The summed E-state index contributed by atoms with van der Waals surface area (Å²) in [4.78, 5) is 17.8. The molecule has 2 aromatic carbocycles. The first-order valence-electron chi connectivity index (χ1n) is 11.2. The first-order valence-corrected chi connectivity index (χ1v) is 11.5. The largest absolute Gasteiger partial charge is 0.497 e. The number of hydrogen-bond donors (Lipinski definition) is 0. The lowest BCUT2D eigenvalue weighted by atomic mass is 9.87. The number of benzene rings is 2. The van der Waals surface area contributed by atoms with Gasteiger partial charge in [0.15, 0.2) is 0 Å². The predicted octanol–water partition coefficient (Wildman–Crippen LogP) is 4.23. The molecule has 0 amide bonds. The fourth-order valence-electron chi connectivity index (χ4n) is 4.75. The molecule has 2 aliphatic heterocycles. The summed E-state index contributed by atoms with van der Waals surface area (Å²) in [5.41, 5.74) is 1.75. The molecule has 9 heteroatoms. The Hall–Kier alpha value is -3.23. The average Bonchev–Trinajstić information content (AvgIpc) is 3.18. The number of aliphatic imine (C=N–C) groups is 1. The van der Waals surface area contributed by atoms with Gasteiger partial charge in [-0.2, -0.15) is 0 Å². The van der Waals surface area contributed by atoms with Gasteiger partial charge in [0.2, 0.25) is 5.82 Å². The summed E-state index contributed by atoms with van der Waals surface area (Å²) in [6.45, 7) is 4.37. The molecule has 2 aliphatic rings. The maximum Gasteiger partial charge on any atom is 0.305 e. The number of hydrogen-bond acceptors (Lipinski definition) is 7. The molecule has 5 rings (SSSR count). The first-order chi connectivity index (χ1) is 16.4. The Morgan fingerprint density at radius 2 is 1.88 bits per heavy atom. The number of halogens is 1. The molecule has 0 saturated carbocycles. The Bertz CT molecular complexity index is 1260. The maximum atomic E-state index is 12.5. The van der Waals surface area contributed by atoms with Crippen LogP contribution in [0.15, 0.2) is 47.5 Å². The lowest BCUT2D eigenvalue weighted by Gasteiger charge is -2.37. The summed E-state index contributed by atoms with van der Waals surface area (Å²) in [6.07, 6.45) is 1.33. The van der Waals surface area contributed by atoms with E-state index in [1.54, 1.807) is 7.11 Å². The van der Waals surface area contributed by atoms with Crippen LogP contribution in [0.3, 0.4) is 0 Å². The van der Waals surface area contributed by atoms with Crippen LogP contribution in [0.5, 0.6) is 5.75 Å². The number of aryl methyl sites for hydroxylation is 1. The second-order valence-corrected chi connectivity index (χ2v) is 8.87. The number of carbonyl (C=O) groups excluding carboxylic acids is 1. The molecule has 8 nitrogen and oxygen atoms in total. The summed E-state index contributed by atoms with van der Waals surface area (Å²) in [6, 6.07) is 13.2. The van der Waals surface area contributed by atoms with Crippen LogP contribution < -0.4 is 4.74 Å². The molecular formula is C25H25ClN4O4. The van der Waals surface area contributed by atoms with Gasteiger partial charge in [-0.25, -0.2) is 4.99 Å². The summed E-state index contributed by atoms with van der Waals surface area (Å²) in [7, 11) is 1.62. The lowest BCUT2D eigenvalue weighted by Crippen LogP contribution is -2.43. The second kappa shape index (κ2) is 8.85. The lowest BCUT2D eigenvalue weighted by molar-refractivity contribution is -0.170. The maximum absolute atomic E-state index is 12.5. The van der Waals surface area contributed by atoms with Crippen molar-refractivity contribution in [2.45, 2.75) is 32.4 Å². The minimum Gasteiger partial charge on any atom is -0.497 e. The van der Waals surface area contributed by atoms with Gasteiger partial charge in [-0.3, -0.25) is 9.36 Å². The van der Waals surface area contributed by atoms with Crippen molar-refractivity contribution in [2.75, 3.05) is 20.3 Å². The Balaban J connectivity index is 1.87. The summed E-state index contributed by atoms with van der Waals surface area (Å²) >= 11 is 6.19. The topological polar surface area (TPSA) is 87.8 Å². The Morgan fingerprint density at radius 1 is 1.15 bits per heavy atom. The van der Waals surface area contributed by atoms with Crippen LogP contribution in [0.1, 0.15) is 42.5 Å². The smallest absolute Gasteiger partial charge is 0.305 e. The van der Waals surface area contributed by atoms with Crippen LogP contribution in [0.2, 0.25) is 5.02 Å². The minimum absolute atomic E-state index is 0.147. The third kappa shape index (κ3) is 3.76. The molecule has 0 bridgehead atoms. The van der Waals surface area contributed by atoms with Gasteiger partial charge in [0.05, 0.1) is 18.5 Å². The van der Waals surface area contributed by atoms with Crippen molar-refractivity contribution in [2.24, 2.45) is 10.9 Å². The average molecular weight is 481 g/mol. The summed E-state index contributed by atoms with van der Waals surface area (Å²) < 4.78 is 19.2. The van der Waals surface area contributed by atoms with Crippen LogP contribution >= 0.6 is 11.6 Å². The Morgan fingerprint density at radius 3 is 2.56 bits per heavy atom. The first kappa shape index (κ1) is 22.6. The molecule has 0 spiro atoms. The normalized spacial score (nSPS) is 20.1. The van der Waals surface area contributed by atoms with Gasteiger partial charge in [0.1, 0.15) is 11.6 Å². The monoisotopic (exact) mass is 480 g/mol. The number of fused-ring (bicyclic) bond motifs is 3. The summed E-state index contributed by atoms with van der Waals surface area (Å²) in [5.74, 6) is 1.23. The fraction of sp³-hybridized carbons (Fsp3) is 0.360. The highest BCUT2D eigenvalue weighted by molar-refractivity contribution is 6.30. The molecular weight excluding hydrogens is 456 g/mol. The van der Waals surface area contributed by atoms with Crippen LogP contribution in [-0.4, -0.2) is 46.8 Å². The molecule has 0 unspecified atom stereocenters. The molecule has 0 radical (unpaired) electrons. The Kier molecular flexibility index (Phi) is 5.87. The van der Waals surface area contributed by atoms with Crippen molar-refractivity contribution in [1.82, 2.24) is 14.8 Å². The molecule has 3 aromatic rings. The van der Waals surface area contributed by atoms with E-state index in [2.05, 4.69) is 10.2 Å². The van der Waals surface area contributed by atoms with Crippen LogP contribution in [0.4, 0.5) is 0 Å². The van der Waals surface area contributed by atoms with Gasteiger partial charge in [0.25, 0.3) is 5.72 Å². The Labute approximate surface area is 202 Å². The number of nitrogens with zero attached hydrogens (tertiary/aromatic N) is 4. The highest BCUT2D eigenvalue weighted by Crippen LogP contribution is 2.45.